The molecule has 2 heterocycles. The van der Waals surface area contributed by atoms with Crippen molar-refractivity contribution in [3.63, 3.8) is 0 Å². The largest absolute Gasteiger partial charge is 0.444 e. The zero-order chi connectivity index (χ0) is 12.3. The van der Waals surface area contributed by atoms with E-state index in [1.165, 1.54) is 6.92 Å². The van der Waals surface area contributed by atoms with E-state index >= 15 is 0 Å². The van der Waals surface area contributed by atoms with Crippen LogP contribution in [-0.2, 0) is 6.54 Å². The van der Waals surface area contributed by atoms with Crippen LogP contribution in [0.2, 0.25) is 0 Å². The summed E-state index contributed by atoms with van der Waals surface area (Å²) in [4.78, 5) is 19.2. The number of anilines is 1. The Morgan fingerprint density at radius 2 is 2.18 bits per heavy atom. The van der Waals surface area contributed by atoms with Crippen LogP contribution in [0.15, 0.2) is 28.9 Å². The second kappa shape index (κ2) is 4.78. The first kappa shape index (κ1) is 11.3. The summed E-state index contributed by atoms with van der Waals surface area (Å²) >= 11 is 0. The van der Waals surface area contributed by atoms with Gasteiger partial charge in [0.1, 0.15) is 11.6 Å². The Bertz CT molecular complexity index is 517. The van der Waals surface area contributed by atoms with Gasteiger partial charge in [-0.05, 0) is 26.0 Å². The zero-order valence-electron chi connectivity index (χ0n) is 9.73. The lowest BCUT2D eigenvalue weighted by Crippen LogP contribution is -2.02. The maximum atomic E-state index is 11.1. The molecule has 0 saturated carbocycles. The molecule has 0 saturated heterocycles. The van der Waals surface area contributed by atoms with E-state index in [0.717, 1.165) is 5.76 Å². The highest BCUT2D eigenvalue weighted by molar-refractivity contribution is 5.93. The minimum Gasteiger partial charge on any atom is -0.444 e. The Kier molecular flexibility index (Phi) is 3.18. The highest BCUT2D eigenvalue weighted by Crippen LogP contribution is 2.08. The van der Waals surface area contributed by atoms with E-state index in [-0.39, 0.29) is 5.78 Å². The predicted molar refractivity (Wildman–Crippen MR) is 62.8 cm³/mol. The SMILES string of the molecule is CC(=O)c1ccc(NCc2ncc(C)o2)nc1. The first-order chi connectivity index (χ1) is 8.15. The van der Waals surface area contributed by atoms with Gasteiger partial charge < -0.3 is 9.73 Å². The average molecular weight is 231 g/mol. The van der Waals surface area contributed by atoms with Gasteiger partial charge in [-0.2, -0.15) is 0 Å². The number of carbonyl (C=O) groups is 1. The lowest BCUT2D eigenvalue weighted by molar-refractivity contribution is 0.101. The van der Waals surface area contributed by atoms with Crippen LogP contribution in [0, 0.1) is 6.92 Å². The normalized spacial score (nSPS) is 10.2. The van der Waals surface area contributed by atoms with Crippen molar-refractivity contribution < 1.29 is 9.21 Å². The Labute approximate surface area is 98.9 Å². The van der Waals surface area contributed by atoms with Gasteiger partial charge in [-0.15, -0.1) is 0 Å². The summed E-state index contributed by atoms with van der Waals surface area (Å²) in [6.07, 6.45) is 3.22. The van der Waals surface area contributed by atoms with Crippen LogP contribution in [0.4, 0.5) is 5.82 Å². The molecule has 0 atom stereocenters. The van der Waals surface area contributed by atoms with Gasteiger partial charge in [0.15, 0.2) is 5.78 Å². The van der Waals surface area contributed by atoms with E-state index in [4.69, 9.17) is 4.42 Å². The number of pyridine rings is 1. The van der Waals surface area contributed by atoms with Crippen LogP contribution in [0.3, 0.4) is 0 Å². The number of ketones is 1. The molecule has 2 aromatic rings. The molecule has 1 N–H and O–H groups in total. The molecule has 17 heavy (non-hydrogen) atoms. The van der Waals surface area contributed by atoms with Gasteiger partial charge in [0.05, 0.1) is 12.7 Å². The molecule has 2 aromatic heterocycles. The molecule has 0 bridgehead atoms. The molecule has 5 nitrogen and oxygen atoms in total. The van der Waals surface area contributed by atoms with Crippen molar-refractivity contribution in [3.8, 4) is 0 Å². The molecule has 88 valence electrons. The minimum atomic E-state index is 0.00683. The van der Waals surface area contributed by atoms with Gasteiger partial charge in [0.25, 0.3) is 0 Å². The number of nitrogens with zero attached hydrogens (tertiary/aromatic N) is 2. The number of aromatic nitrogens is 2. The lowest BCUT2D eigenvalue weighted by Gasteiger charge is -2.02. The van der Waals surface area contributed by atoms with Gasteiger partial charge in [-0.1, -0.05) is 0 Å². The van der Waals surface area contributed by atoms with Crippen molar-refractivity contribution in [1.29, 1.82) is 0 Å². The Balaban J connectivity index is 1.97. The van der Waals surface area contributed by atoms with Gasteiger partial charge in [0.2, 0.25) is 5.89 Å². The summed E-state index contributed by atoms with van der Waals surface area (Å²) in [6, 6.07) is 3.49. The Morgan fingerprint density at radius 1 is 1.35 bits per heavy atom. The number of hydrogen-bond acceptors (Lipinski definition) is 5. The summed E-state index contributed by atoms with van der Waals surface area (Å²) in [7, 11) is 0. The number of aryl methyl sites for hydroxylation is 1. The van der Waals surface area contributed by atoms with E-state index < -0.39 is 0 Å². The molecule has 2 rings (SSSR count). The van der Waals surface area contributed by atoms with Crippen LogP contribution in [0.1, 0.15) is 28.9 Å². The van der Waals surface area contributed by atoms with Gasteiger partial charge in [-0.3, -0.25) is 4.79 Å². The molecule has 0 radical (unpaired) electrons. The molecule has 0 aliphatic carbocycles. The Morgan fingerprint density at radius 3 is 2.71 bits per heavy atom. The van der Waals surface area contributed by atoms with Crippen molar-refractivity contribution in [1.82, 2.24) is 9.97 Å². The van der Waals surface area contributed by atoms with Gasteiger partial charge in [0, 0.05) is 11.8 Å². The fraction of sp³-hybridized carbons (Fsp3) is 0.250. The first-order valence-corrected chi connectivity index (χ1v) is 5.27. The highest BCUT2D eigenvalue weighted by Gasteiger charge is 2.02. The third-order valence-electron chi connectivity index (χ3n) is 2.26. The van der Waals surface area contributed by atoms with Crippen molar-refractivity contribution in [2.75, 3.05) is 5.32 Å². The molecular formula is C12H13N3O2. The second-order valence-corrected chi connectivity index (χ2v) is 3.71. The number of oxazole rings is 1. The molecule has 5 heteroatoms. The van der Waals surface area contributed by atoms with Crippen LogP contribution in [0.25, 0.3) is 0 Å². The summed E-state index contributed by atoms with van der Waals surface area (Å²) < 4.78 is 5.31. The Hall–Kier alpha value is -2.17. The van der Waals surface area contributed by atoms with Crippen LogP contribution in [-0.4, -0.2) is 15.8 Å². The predicted octanol–water partition coefficient (Wildman–Crippen LogP) is 2.19. The fourth-order valence-corrected chi connectivity index (χ4v) is 1.36. The third kappa shape index (κ3) is 2.90. The number of carbonyl (C=O) groups excluding carboxylic acids is 1. The number of hydrogen-bond donors (Lipinski definition) is 1. The van der Waals surface area contributed by atoms with Crippen molar-refractivity contribution in [2.24, 2.45) is 0 Å². The first-order valence-electron chi connectivity index (χ1n) is 5.27. The molecule has 0 amide bonds. The van der Waals surface area contributed by atoms with Gasteiger partial charge in [-0.25, -0.2) is 9.97 Å². The van der Waals surface area contributed by atoms with E-state index in [9.17, 15) is 4.79 Å². The summed E-state index contributed by atoms with van der Waals surface area (Å²) in [6.45, 7) is 3.83. The van der Waals surface area contributed by atoms with Crippen LogP contribution >= 0.6 is 0 Å². The maximum Gasteiger partial charge on any atom is 0.213 e. The van der Waals surface area contributed by atoms with Crippen molar-refractivity contribution >= 4 is 11.6 Å². The van der Waals surface area contributed by atoms with Crippen molar-refractivity contribution in [2.45, 2.75) is 20.4 Å². The van der Waals surface area contributed by atoms with E-state index in [1.807, 2.05) is 6.92 Å². The zero-order valence-corrected chi connectivity index (χ0v) is 9.73. The van der Waals surface area contributed by atoms with Crippen LogP contribution < -0.4 is 5.32 Å². The highest BCUT2D eigenvalue weighted by atomic mass is 16.4. The monoisotopic (exact) mass is 231 g/mol. The smallest absolute Gasteiger partial charge is 0.213 e. The standard InChI is InChI=1S/C12H13N3O2/c1-8-5-15-12(17-8)7-14-11-4-3-10(6-13-11)9(2)16/h3-6H,7H2,1-2H3,(H,13,14). The summed E-state index contributed by atoms with van der Waals surface area (Å²) in [5.74, 6) is 2.08. The third-order valence-corrected chi connectivity index (χ3v) is 2.26. The molecule has 0 fully saturated rings. The van der Waals surface area contributed by atoms with E-state index in [0.29, 0.717) is 23.8 Å². The fourth-order valence-electron chi connectivity index (χ4n) is 1.36. The number of Topliss-reactive ketones (excluding diaryl/α,β-unsaturated/α-hetero) is 1. The molecule has 0 aliphatic heterocycles. The summed E-state index contributed by atoms with van der Waals surface area (Å²) in [5.41, 5.74) is 0.600. The van der Waals surface area contributed by atoms with Crippen LogP contribution in [0.5, 0.6) is 0 Å². The van der Waals surface area contributed by atoms with Crippen molar-refractivity contribution in [3.05, 3.63) is 41.7 Å². The number of rotatable bonds is 4. The molecular weight excluding hydrogens is 218 g/mol. The minimum absolute atomic E-state index is 0.00683. The lowest BCUT2D eigenvalue weighted by atomic mass is 10.2. The number of nitrogens with one attached hydrogen (secondary N) is 1. The second-order valence-electron chi connectivity index (χ2n) is 3.71. The topological polar surface area (TPSA) is 68.0 Å². The summed E-state index contributed by atoms with van der Waals surface area (Å²) in [5, 5.41) is 3.06. The van der Waals surface area contributed by atoms with Gasteiger partial charge >= 0.3 is 0 Å². The maximum absolute atomic E-state index is 11.1. The molecule has 0 aromatic carbocycles. The average Bonchev–Trinajstić information content (AvgIpc) is 2.73. The molecule has 0 aliphatic rings. The van der Waals surface area contributed by atoms with E-state index in [2.05, 4.69) is 15.3 Å². The van der Waals surface area contributed by atoms with E-state index in [1.54, 1.807) is 24.5 Å². The molecule has 0 spiro atoms. The molecule has 0 unspecified atom stereocenters. The quantitative estimate of drug-likeness (QED) is 0.817.